The zero-order valence-electron chi connectivity index (χ0n) is 11.3. The smallest absolute Gasteiger partial charge is 0.407 e. The first-order valence-corrected chi connectivity index (χ1v) is 5.93. The molecule has 1 aromatic carbocycles. The van der Waals surface area contributed by atoms with E-state index in [2.05, 4.69) is 5.32 Å². The van der Waals surface area contributed by atoms with Crippen LogP contribution in [0.15, 0.2) is 24.3 Å². The maximum absolute atomic E-state index is 11.3. The number of carbonyl (C=O) groups excluding carboxylic acids is 1. The lowest BCUT2D eigenvalue weighted by Gasteiger charge is -2.19. The number of benzene rings is 1. The Morgan fingerprint density at radius 1 is 1.32 bits per heavy atom. The largest absolute Gasteiger partial charge is 0.504 e. The van der Waals surface area contributed by atoms with E-state index in [0.29, 0.717) is 6.54 Å². The van der Waals surface area contributed by atoms with Gasteiger partial charge in [0.1, 0.15) is 5.60 Å². The van der Waals surface area contributed by atoms with Crippen molar-refractivity contribution in [2.75, 3.05) is 6.54 Å². The summed E-state index contributed by atoms with van der Waals surface area (Å²) in [6.45, 7) is 5.70. The van der Waals surface area contributed by atoms with Gasteiger partial charge in [0.15, 0.2) is 11.5 Å². The number of alkyl carbamates (subject to hydrolysis) is 1. The molecular weight excluding hydrogens is 246 g/mol. The Bertz CT molecular complexity index is 475. The van der Waals surface area contributed by atoms with Crippen molar-refractivity contribution in [3.8, 4) is 11.5 Å². The van der Waals surface area contributed by atoms with Crippen LogP contribution in [0.3, 0.4) is 0 Å². The van der Waals surface area contributed by atoms with Gasteiger partial charge < -0.3 is 20.3 Å². The van der Waals surface area contributed by atoms with Crippen molar-refractivity contribution in [3.05, 3.63) is 29.8 Å². The van der Waals surface area contributed by atoms with Crippen molar-refractivity contribution in [2.45, 2.75) is 26.4 Å². The molecule has 0 radical (unpaired) electrons. The molecule has 104 valence electrons. The molecule has 0 aromatic heterocycles. The SMILES string of the molecule is CC(C)(C)OC(=O)NCC=Cc1ccc(O)c(O)c1. The minimum atomic E-state index is -0.517. The van der Waals surface area contributed by atoms with E-state index in [1.807, 2.05) is 0 Å². The van der Waals surface area contributed by atoms with Gasteiger partial charge in [-0.1, -0.05) is 18.2 Å². The average Bonchev–Trinajstić information content (AvgIpc) is 2.27. The van der Waals surface area contributed by atoms with Crippen LogP contribution in [0.4, 0.5) is 4.79 Å². The van der Waals surface area contributed by atoms with Crippen LogP contribution in [-0.2, 0) is 4.74 Å². The quantitative estimate of drug-likeness (QED) is 0.734. The maximum atomic E-state index is 11.3. The zero-order chi connectivity index (χ0) is 14.5. The summed E-state index contributed by atoms with van der Waals surface area (Å²) in [4.78, 5) is 11.3. The predicted molar refractivity (Wildman–Crippen MR) is 73.0 cm³/mol. The van der Waals surface area contributed by atoms with Crippen molar-refractivity contribution >= 4 is 12.2 Å². The summed E-state index contributed by atoms with van der Waals surface area (Å²) < 4.78 is 5.07. The van der Waals surface area contributed by atoms with Crippen LogP contribution in [0, 0.1) is 0 Å². The molecule has 0 aliphatic heterocycles. The van der Waals surface area contributed by atoms with Crippen molar-refractivity contribution in [2.24, 2.45) is 0 Å². The van der Waals surface area contributed by atoms with Crippen molar-refractivity contribution in [1.82, 2.24) is 5.32 Å². The van der Waals surface area contributed by atoms with Crippen LogP contribution in [0.25, 0.3) is 6.08 Å². The molecule has 5 heteroatoms. The van der Waals surface area contributed by atoms with E-state index in [1.54, 1.807) is 39.0 Å². The fourth-order valence-corrected chi connectivity index (χ4v) is 1.30. The molecular formula is C14H19NO4. The second kappa shape index (κ2) is 6.13. The molecule has 3 N–H and O–H groups in total. The van der Waals surface area contributed by atoms with Crippen molar-refractivity contribution in [3.63, 3.8) is 0 Å². The first-order chi connectivity index (χ1) is 8.78. The monoisotopic (exact) mass is 265 g/mol. The lowest BCUT2D eigenvalue weighted by Crippen LogP contribution is -2.32. The third-order valence-corrected chi connectivity index (χ3v) is 2.07. The standard InChI is InChI=1S/C14H19NO4/c1-14(2,3)19-13(18)15-8-4-5-10-6-7-11(16)12(17)9-10/h4-7,9,16-17H,8H2,1-3H3,(H,15,18). The highest BCUT2D eigenvalue weighted by atomic mass is 16.6. The molecule has 0 aliphatic carbocycles. The lowest BCUT2D eigenvalue weighted by atomic mass is 10.2. The van der Waals surface area contributed by atoms with E-state index in [9.17, 15) is 9.90 Å². The first-order valence-electron chi connectivity index (χ1n) is 5.93. The van der Waals surface area contributed by atoms with Crippen molar-refractivity contribution in [1.29, 1.82) is 0 Å². The predicted octanol–water partition coefficient (Wildman–Crippen LogP) is 2.64. The molecule has 0 saturated heterocycles. The number of ether oxygens (including phenoxy) is 1. The molecule has 0 atom stereocenters. The van der Waals surface area contributed by atoms with Gasteiger partial charge in [-0.2, -0.15) is 0 Å². The first kappa shape index (κ1) is 14.9. The lowest BCUT2D eigenvalue weighted by molar-refractivity contribution is 0.0534. The van der Waals surface area contributed by atoms with E-state index >= 15 is 0 Å². The number of nitrogens with one attached hydrogen (secondary N) is 1. The Morgan fingerprint density at radius 3 is 2.58 bits per heavy atom. The fraction of sp³-hybridized carbons (Fsp3) is 0.357. The number of aromatic hydroxyl groups is 2. The summed E-state index contributed by atoms with van der Waals surface area (Å²) >= 11 is 0. The third-order valence-electron chi connectivity index (χ3n) is 2.07. The van der Waals surface area contributed by atoms with Gasteiger partial charge in [0.25, 0.3) is 0 Å². The molecule has 1 amide bonds. The number of phenols is 2. The molecule has 0 heterocycles. The molecule has 5 nitrogen and oxygen atoms in total. The zero-order valence-corrected chi connectivity index (χ0v) is 11.3. The van der Waals surface area contributed by atoms with E-state index in [1.165, 1.54) is 12.1 Å². The van der Waals surface area contributed by atoms with E-state index < -0.39 is 11.7 Å². The minimum absolute atomic E-state index is 0.163. The molecule has 0 fully saturated rings. The summed E-state index contributed by atoms with van der Waals surface area (Å²) in [5, 5.41) is 21.0. The van der Waals surface area contributed by atoms with Gasteiger partial charge in [-0.15, -0.1) is 0 Å². The van der Waals surface area contributed by atoms with Crippen molar-refractivity contribution < 1.29 is 19.7 Å². The van der Waals surface area contributed by atoms with Gasteiger partial charge in [-0.05, 0) is 38.5 Å². The Morgan fingerprint density at radius 2 is 2.00 bits per heavy atom. The van der Waals surface area contributed by atoms with Gasteiger partial charge in [-0.25, -0.2) is 4.79 Å². The Labute approximate surface area is 112 Å². The maximum Gasteiger partial charge on any atom is 0.407 e. The normalized spacial score (nSPS) is 11.5. The number of hydrogen-bond donors (Lipinski definition) is 3. The molecule has 1 aromatic rings. The molecule has 0 saturated carbocycles. The Hall–Kier alpha value is -2.17. The van der Waals surface area contributed by atoms with Gasteiger partial charge in [0.2, 0.25) is 0 Å². The average molecular weight is 265 g/mol. The van der Waals surface area contributed by atoms with E-state index in [0.717, 1.165) is 5.56 Å². The number of amides is 1. The van der Waals surface area contributed by atoms with Gasteiger partial charge in [0, 0.05) is 6.54 Å². The van der Waals surface area contributed by atoms with Crippen LogP contribution in [-0.4, -0.2) is 28.5 Å². The Balaban J connectivity index is 2.42. The molecule has 0 unspecified atom stereocenters. The van der Waals surface area contributed by atoms with Crippen LogP contribution in [0.5, 0.6) is 11.5 Å². The highest BCUT2D eigenvalue weighted by Crippen LogP contribution is 2.25. The highest BCUT2D eigenvalue weighted by Gasteiger charge is 2.14. The molecule has 0 aliphatic rings. The summed E-state index contributed by atoms with van der Waals surface area (Å²) in [5.41, 5.74) is 0.206. The third kappa shape index (κ3) is 5.81. The van der Waals surface area contributed by atoms with Gasteiger partial charge >= 0.3 is 6.09 Å². The van der Waals surface area contributed by atoms with Crippen LogP contribution in [0.1, 0.15) is 26.3 Å². The number of carbonyl (C=O) groups is 1. The number of hydrogen-bond acceptors (Lipinski definition) is 4. The Kier molecular flexibility index (Phi) is 4.80. The van der Waals surface area contributed by atoms with Gasteiger partial charge in [0.05, 0.1) is 0 Å². The summed E-state index contributed by atoms with van der Waals surface area (Å²) in [6, 6.07) is 4.48. The molecule has 1 rings (SSSR count). The van der Waals surface area contributed by atoms with Gasteiger partial charge in [-0.3, -0.25) is 0 Å². The molecule has 0 bridgehead atoms. The summed E-state index contributed by atoms with van der Waals surface area (Å²) in [6.07, 6.45) is 2.96. The minimum Gasteiger partial charge on any atom is -0.504 e. The summed E-state index contributed by atoms with van der Waals surface area (Å²) in [7, 11) is 0. The van der Waals surface area contributed by atoms with Crippen LogP contribution < -0.4 is 5.32 Å². The number of rotatable bonds is 3. The van der Waals surface area contributed by atoms with Crippen LogP contribution in [0.2, 0.25) is 0 Å². The summed E-state index contributed by atoms with van der Waals surface area (Å²) in [5.74, 6) is -0.341. The highest BCUT2D eigenvalue weighted by molar-refractivity contribution is 5.68. The molecule has 19 heavy (non-hydrogen) atoms. The number of phenolic OH excluding ortho intramolecular Hbond substituents is 2. The molecule has 0 spiro atoms. The van der Waals surface area contributed by atoms with E-state index in [-0.39, 0.29) is 11.5 Å². The van der Waals surface area contributed by atoms with Crippen LogP contribution >= 0.6 is 0 Å². The van der Waals surface area contributed by atoms with E-state index in [4.69, 9.17) is 9.84 Å². The fourth-order valence-electron chi connectivity index (χ4n) is 1.30. The topological polar surface area (TPSA) is 78.8 Å². The second-order valence-corrected chi connectivity index (χ2v) is 5.03. The second-order valence-electron chi connectivity index (χ2n) is 5.03.